The molecule has 1 fully saturated rings. The van der Waals surface area contributed by atoms with E-state index in [9.17, 15) is 0 Å². The molecule has 0 aromatic heterocycles. The fourth-order valence-electron chi connectivity index (χ4n) is 5.12. The van der Waals surface area contributed by atoms with Crippen molar-refractivity contribution in [1.82, 2.24) is 0 Å². The van der Waals surface area contributed by atoms with Gasteiger partial charge in [0.15, 0.2) is 5.25 Å². The van der Waals surface area contributed by atoms with Gasteiger partial charge in [0, 0.05) is 0 Å². The van der Waals surface area contributed by atoms with E-state index < -0.39 is 0 Å². The monoisotopic (exact) mass is 533 g/mol. The van der Waals surface area contributed by atoms with Crippen molar-refractivity contribution in [2.75, 3.05) is 18.1 Å². The third-order valence-corrected chi connectivity index (χ3v) is 10.1. The summed E-state index contributed by atoms with van der Waals surface area (Å²) in [5.41, 5.74) is 3.65. The van der Waals surface area contributed by atoms with Crippen molar-refractivity contribution >= 4 is 10.9 Å². The van der Waals surface area contributed by atoms with Gasteiger partial charge in [-0.15, -0.1) is 0 Å². The zero-order valence-electron chi connectivity index (χ0n) is 23.0. The molecule has 1 aliphatic heterocycles. The van der Waals surface area contributed by atoms with Gasteiger partial charge >= 0.3 is 0 Å². The summed E-state index contributed by atoms with van der Waals surface area (Å²) in [7, 11) is 0.219. The largest absolute Gasteiger partial charge is 0.371 e. The van der Waals surface area contributed by atoms with Gasteiger partial charge in [0.2, 0.25) is 0 Å². The molecule has 0 saturated carbocycles. The molecule has 0 aliphatic carbocycles. The Morgan fingerprint density at radius 3 is 1.76 bits per heavy atom. The van der Waals surface area contributed by atoms with Crippen LogP contribution in [0.4, 0.5) is 0 Å². The first-order valence-corrected chi connectivity index (χ1v) is 16.0. The minimum absolute atomic E-state index is 0.0399. The summed E-state index contributed by atoms with van der Waals surface area (Å²) in [5.74, 6) is 2.32. The number of benzene rings is 3. The first-order chi connectivity index (χ1) is 18.8. The van der Waals surface area contributed by atoms with Crippen LogP contribution in [0.15, 0.2) is 91.0 Å². The van der Waals surface area contributed by atoms with Crippen molar-refractivity contribution in [2.24, 2.45) is 0 Å². The molecule has 1 unspecified atom stereocenters. The van der Waals surface area contributed by atoms with Crippen LogP contribution in [-0.4, -0.2) is 35.6 Å². The molecule has 0 amide bonds. The molecule has 0 N–H and O–H groups in total. The Kier molecular flexibility index (Phi) is 12.7. The van der Waals surface area contributed by atoms with Crippen LogP contribution in [-0.2, 0) is 44.9 Å². The third kappa shape index (κ3) is 9.57. The second-order valence-corrected chi connectivity index (χ2v) is 12.7. The minimum atomic E-state index is 0.0399. The molecule has 1 heterocycles. The number of unbranched alkanes of at least 4 members (excludes halogenated alkanes) is 5. The second kappa shape index (κ2) is 16.8. The van der Waals surface area contributed by atoms with E-state index in [1.807, 2.05) is 0 Å². The topological polar surface area (TPSA) is 27.7 Å². The molecule has 1 aliphatic rings. The first kappa shape index (κ1) is 28.9. The van der Waals surface area contributed by atoms with Crippen LogP contribution in [0, 0.1) is 0 Å². The fraction of sp³-hybridized carbons (Fsp3) is 0.471. The molecule has 38 heavy (non-hydrogen) atoms. The lowest BCUT2D eigenvalue weighted by Gasteiger charge is -2.22. The van der Waals surface area contributed by atoms with E-state index in [-0.39, 0.29) is 23.1 Å². The fourth-order valence-corrected chi connectivity index (χ4v) is 8.04. The van der Waals surface area contributed by atoms with Gasteiger partial charge in [-0.2, -0.15) is 0 Å². The number of ether oxygens (including phenoxy) is 3. The van der Waals surface area contributed by atoms with Crippen LogP contribution < -0.4 is 0 Å². The lowest BCUT2D eigenvalue weighted by Crippen LogP contribution is -2.39. The van der Waals surface area contributed by atoms with Crippen LogP contribution in [0.1, 0.15) is 62.1 Å². The molecular formula is C34H45O3S+. The van der Waals surface area contributed by atoms with E-state index in [4.69, 9.17) is 14.2 Å². The SMILES string of the molecule is CCCCCCCC[S+]1C[C@@H](OCc2ccccc2)[C@H](OCc2ccccc2)[C@H]1COCc1ccccc1. The maximum absolute atomic E-state index is 6.70. The van der Waals surface area contributed by atoms with Crippen molar-refractivity contribution in [2.45, 2.75) is 82.7 Å². The second-order valence-electron chi connectivity index (χ2n) is 10.3. The molecule has 4 heteroatoms. The lowest BCUT2D eigenvalue weighted by molar-refractivity contribution is -0.0768. The van der Waals surface area contributed by atoms with E-state index in [0.717, 1.165) is 12.4 Å². The van der Waals surface area contributed by atoms with Crippen LogP contribution in [0.5, 0.6) is 0 Å². The van der Waals surface area contributed by atoms with Crippen molar-refractivity contribution in [3.63, 3.8) is 0 Å². The smallest absolute Gasteiger partial charge is 0.170 e. The van der Waals surface area contributed by atoms with Gasteiger partial charge < -0.3 is 14.2 Å². The molecule has 4 rings (SSSR count). The zero-order chi connectivity index (χ0) is 26.3. The maximum atomic E-state index is 6.70. The van der Waals surface area contributed by atoms with Gasteiger partial charge in [-0.3, -0.25) is 0 Å². The summed E-state index contributed by atoms with van der Waals surface area (Å²) < 4.78 is 19.7. The Balaban J connectivity index is 1.43. The van der Waals surface area contributed by atoms with Crippen LogP contribution in [0.25, 0.3) is 0 Å². The van der Waals surface area contributed by atoms with Gasteiger partial charge in [-0.25, -0.2) is 0 Å². The summed E-state index contributed by atoms with van der Waals surface area (Å²) in [6.07, 6.45) is 8.11. The molecule has 1 saturated heterocycles. The predicted molar refractivity (Wildman–Crippen MR) is 160 cm³/mol. The molecule has 3 aromatic rings. The molecule has 4 atom stereocenters. The number of hydrogen-bond acceptors (Lipinski definition) is 3. The average Bonchev–Trinajstić information content (AvgIpc) is 3.30. The summed E-state index contributed by atoms with van der Waals surface area (Å²) in [4.78, 5) is 0. The van der Waals surface area contributed by atoms with Crippen LogP contribution >= 0.6 is 0 Å². The number of rotatable bonds is 17. The quantitative estimate of drug-likeness (QED) is 0.131. The number of hydrogen-bond donors (Lipinski definition) is 0. The Morgan fingerprint density at radius 1 is 0.632 bits per heavy atom. The Labute approximate surface area is 233 Å². The molecule has 3 aromatic carbocycles. The standard InChI is InChI=1S/C34H45O3S/c1-2-3-4-5-6-16-23-38-28-32(36-25-30-19-12-8-13-20-30)34(37-26-31-21-14-9-15-22-31)33(38)27-35-24-29-17-10-7-11-18-29/h7-15,17-22,32-34H,2-6,16,23-28H2,1H3/q+1/t32-,33-,34+,38?/m1/s1. The minimum Gasteiger partial charge on any atom is -0.371 e. The highest BCUT2D eigenvalue weighted by atomic mass is 32.2. The van der Waals surface area contributed by atoms with E-state index in [1.165, 1.54) is 61.0 Å². The van der Waals surface area contributed by atoms with Crippen molar-refractivity contribution in [3.05, 3.63) is 108 Å². The maximum Gasteiger partial charge on any atom is 0.170 e. The highest BCUT2D eigenvalue weighted by Crippen LogP contribution is 2.31. The van der Waals surface area contributed by atoms with Crippen molar-refractivity contribution in [3.8, 4) is 0 Å². The summed E-state index contributed by atoms with van der Waals surface area (Å²) in [5, 5.41) is 0.360. The molecule has 0 spiro atoms. The molecule has 3 nitrogen and oxygen atoms in total. The predicted octanol–water partition coefficient (Wildman–Crippen LogP) is 7.74. The van der Waals surface area contributed by atoms with E-state index in [0.29, 0.717) is 25.1 Å². The van der Waals surface area contributed by atoms with Gasteiger partial charge in [-0.05, 0) is 40.4 Å². The first-order valence-electron chi connectivity index (χ1n) is 14.4. The normalized spacial score (nSPS) is 21.1. The van der Waals surface area contributed by atoms with Gasteiger partial charge in [-0.1, -0.05) is 124 Å². The van der Waals surface area contributed by atoms with Crippen LogP contribution in [0.3, 0.4) is 0 Å². The lowest BCUT2D eigenvalue weighted by atomic mass is 10.1. The Bertz CT molecular complexity index is 998. The molecular weight excluding hydrogens is 488 g/mol. The Morgan fingerprint density at radius 2 is 1.16 bits per heavy atom. The summed E-state index contributed by atoms with van der Waals surface area (Å²) in [6, 6.07) is 31.5. The van der Waals surface area contributed by atoms with E-state index in [2.05, 4.69) is 97.9 Å². The van der Waals surface area contributed by atoms with Crippen molar-refractivity contribution in [1.29, 1.82) is 0 Å². The Hall–Kier alpha value is -2.11. The molecule has 0 radical (unpaired) electrons. The summed E-state index contributed by atoms with van der Waals surface area (Å²) in [6.45, 7) is 4.89. The van der Waals surface area contributed by atoms with Crippen molar-refractivity contribution < 1.29 is 14.2 Å². The highest BCUT2D eigenvalue weighted by molar-refractivity contribution is 7.97. The average molecular weight is 534 g/mol. The van der Waals surface area contributed by atoms with E-state index >= 15 is 0 Å². The van der Waals surface area contributed by atoms with Gasteiger partial charge in [0.05, 0.1) is 26.4 Å². The molecule has 0 bridgehead atoms. The molecule has 204 valence electrons. The van der Waals surface area contributed by atoms with Gasteiger partial charge in [0.1, 0.15) is 23.7 Å². The van der Waals surface area contributed by atoms with E-state index in [1.54, 1.807) is 0 Å². The third-order valence-electron chi connectivity index (χ3n) is 7.29. The summed E-state index contributed by atoms with van der Waals surface area (Å²) >= 11 is 0. The highest BCUT2D eigenvalue weighted by Gasteiger charge is 2.52. The van der Waals surface area contributed by atoms with Gasteiger partial charge in [0.25, 0.3) is 0 Å². The van der Waals surface area contributed by atoms with Crippen LogP contribution in [0.2, 0.25) is 0 Å². The zero-order valence-corrected chi connectivity index (χ0v) is 23.8.